The van der Waals surface area contributed by atoms with Crippen LogP contribution in [0, 0.1) is 0 Å². The summed E-state index contributed by atoms with van der Waals surface area (Å²) in [5, 5.41) is 9.96. The first-order valence-electron chi connectivity index (χ1n) is 6.80. The summed E-state index contributed by atoms with van der Waals surface area (Å²) in [5.74, 6) is 0.274. The maximum atomic E-state index is 12.6. The Morgan fingerprint density at radius 1 is 1.53 bits per heavy atom. The van der Waals surface area contributed by atoms with E-state index < -0.39 is 11.6 Å². The largest absolute Gasteiger partial charge is 0.391 e. The summed E-state index contributed by atoms with van der Waals surface area (Å²) in [6.45, 7) is 8.53. The number of amides is 1. The molecule has 1 aliphatic rings. The second-order valence-corrected chi connectivity index (χ2v) is 6.04. The van der Waals surface area contributed by atoms with Gasteiger partial charge in [-0.2, -0.15) is 0 Å². The zero-order valence-electron chi connectivity index (χ0n) is 12.1. The first-order chi connectivity index (χ1) is 8.84. The molecule has 0 radical (unpaired) electrons. The smallest absolute Gasteiger partial charge is 0.254 e. The number of carbonyl (C=O) groups excluding carboxylic acids is 1. The topological polar surface area (TPSA) is 53.4 Å². The molecule has 104 valence electrons. The lowest BCUT2D eigenvalue weighted by Gasteiger charge is -2.33. The second-order valence-electron chi connectivity index (χ2n) is 6.04. The molecule has 1 saturated heterocycles. The lowest BCUT2D eigenvalue weighted by Crippen LogP contribution is -2.48. The van der Waals surface area contributed by atoms with E-state index in [0.29, 0.717) is 24.4 Å². The Balaban J connectivity index is 2.28. The van der Waals surface area contributed by atoms with Gasteiger partial charge in [-0.25, -0.2) is 0 Å². The van der Waals surface area contributed by atoms with E-state index in [2.05, 4.69) is 18.8 Å². The fraction of sp³-hybridized carbons (Fsp3) is 0.600. The van der Waals surface area contributed by atoms with Gasteiger partial charge in [0.25, 0.3) is 5.91 Å². The Bertz CT molecular complexity index is 483. The number of carbonyl (C=O) groups is 1. The molecule has 0 bridgehead atoms. The van der Waals surface area contributed by atoms with Crippen molar-refractivity contribution in [1.82, 2.24) is 9.88 Å². The van der Waals surface area contributed by atoms with Gasteiger partial charge in [0.1, 0.15) is 0 Å². The molecule has 0 saturated carbocycles. The number of hydrogen-bond acceptors (Lipinski definition) is 3. The zero-order chi connectivity index (χ0) is 14.2. The van der Waals surface area contributed by atoms with Gasteiger partial charge in [0.05, 0.1) is 11.6 Å². The highest BCUT2D eigenvalue weighted by Crippen LogP contribution is 2.30. The van der Waals surface area contributed by atoms with E-state index in [-0.39, 0.29) is 5.91 Å². The van der Waals surface area contributed by atoms with Crippen LogP contribution in [0.5, 0.6) is 0 Å². The number of pyridine rings is 1. The molecule has 2 rings (SSSR count). The Hall–Kier alpha value is -1.42. The van der Waals surface area contributed by atoms with Crippen LogP contribution in [0.2, 0.25) is 0 Å². The van der Waals surface area contributed by atoms with Gasteiger partial charge in [-0.05, 0) is 38.3 Å². The quantitative estimate of drug-likeness (QED) is 0.889. The van der Waals surface area contributed by atoms with Gasteiger partial charge in [-0.3, -0.25) is 9.78 Å². The van der Waals surface area contributed by atoms with Crippen LogP contribution >= 0.6 is 0 Å². The maximum absolute atomic E-state index is 12.6. The van der Waals surface area contributed by atoms with Crippen molar-refractivity contribution >= 4 is 5.91 Å². The van der Waals surface area contributed by atoms with E-state index in [1.54, 1.807) is 17.2 Å². The summed E-state index contributed by atoms with van der Waals surface area (Å²) >= 11 is 0. The first-order valence-corrected chi connectivity index (χ1v) is 6.80. The molecular formula is C15H22N2O2. The standard InChI is InChI=1S/C15H22N2O2/c1-10(2)12-9-11(5-7-16-12)14(19)17-8-6-13(18)15(17,3)4/h5,7,9-10,13,18H,6,8H2,1-4H3. The van der Waals surface area contributed by atoms with Gasteiger partial charge < -0.3 is 10.0 Å². The van der Waals surface area contributed by atoms with Crippen molar-refractivity contribution in [3.8, 4) is 0 Å². The summed E-state index contributed by atoms with van der Waals surface area (Å²) in [6.07, 6.45) is 1.87. The van der Waals surface area contributed by atoms with Crippen molar-refractivity contribution in [2.75, 3.05) is 6.54 Å². The van der Waals surface area contributed by atoms with Gasteiger partial charge in [-0.1, -0.05) is 13.8 Å². The lowest BCUT2D eigenvalue weighted by atomic mass is 9.98. The van der Waals surface area contributed by atoms with Crippen molar-refractivity contribution < 1.29 is 9.90 Å². The van der Waals surface area contributed by atoms with Gasteiger partial charge in [-0.15, -0.1) is 0 Å². The molecule has 0 aliphatic carbocycles. The SMILES string of the molecule is CC(C)c1cc(C(=O)N2CCC(O)C2(C)C)ccn1. The van der Waals surface area contributed by atoms with Gasteiger partial charge in [0.15, 0.2) is 0 Å². The monoisotopic (exact) mass is 262 g/mol. The third kappa shape index (κ3) is 2.50. The molecular weight excluding hydrogens is 240 g/mol. The number of hydrogen-bond donors (Lipinski definition) is 1. The number of aromatic nitrogens is 1. The van der Waals surface area contributed by atoms with Crippen molar-refractivity contribution in [3.63, 3.8) is 0 Å². The van der Waals surface area contributed by atoms with Crippen LogP contribution in [0.25, 0.3) is 0 Å². The van der Waals surface area contributed by atoms with Crippen LogP contribution < -0.4 is 0 Å². The van der Waals surface area contributed by atoms with Crippen LogP contribution in [0.3, 0.4) is 0 Å². The van der Waals surface area contributed by atoms with Crippen LogP contribution in [0.15, 0.2) is 18.3 Å². The highest BCUT2D eigenvalue weighted by molar-refractivity contribution is 5.95. The van der Waals surface area contributed by atoms with Crippen LogP contribution in [0.1, 0.15) is 56.1 Å². The fourth-order valence-corrected chi connectivity index (χ4v) is 2.49. The van der Waals surface area contributed by atoms with Gasteiger partial charge >= 0.3 is 0 Å². The summed E-state index contributed by atoms with van der Waals surface area (Å²) in [4.78, 5) is 18.6. The number of aliphatic hydroxyl groups is 1. The van der Waals surface area contributed by atoms with E-state index in [4.69, 9.17) is 0 Å². The van der Waals surface area contributed by atoms with Crippen molar-refractivity contribution in [1.29, 1.82) is 0 Å². The molecule has 2 heterocycles. The highest BCUT2D eigenvalue weighted by Gasteiger charge is 2.43. The predicted octanol–water partition coefficient (Wildman–Crippen LogP) is 2.19. The van der Waals surface area contributed by atoms with E-state index in [1.807, 2.05) is 19.9 Å². The van der Waals surface area contributed by atoms with Crippen LogP contribution in [-0.2, 0) is 0 Å². The molecule has 0 aromatic carbocycles. The number of rotatable bonds is 2. The summed E-state index contributed by atoms with van der Waals surface area (Å²) < 4.78 is 0. The summed E-state index contributed by atoms with van der Waals surface area (Å²) in [6, 6.07) is 3.60. The third-order valence-electron chi connectivity index (χ3n) is 4.00. The Kier molecular flexibility index (Phi) is 3.63. The zero-order valence-corrected chi connectivity index (χ0v) is 12.1. The molecule has 1 amide bonds. The Morgan fingerprint density at radius 3 is 2.74 bits per heavy atom. The lowest BCUT2D eigenvalue weighted by molar-refractivity contribution is 0.0394. The molecule has 1 N–H and O–H groups in total. The van der Waals surface area contributed by atoms with Gasteiger partial charge in [0, 0.05) is 24.0 Å². The van der Waals surface area contributed by atoms with Crippen LogP contribution in [-0.4, -0.2) is 39.1 Å². The Morgan fingerprint density at radius 2 is 2.21 bits per heavy atom. The molecule has 4 nitrogen and oxygen atoms in total. The molecule has 4 heteroatoms. The van der Waals surface area contributed by atoms with Crippen molar-refractivity contribution in [2.45, 2.75) is 51.7 Å². The minimum atomic E-state index is -0.502. The average Bonchev–Trinajstić information content (AvgIpc) is 2.63. The number of likely N-dealkylation sites (tertiary alicyclic amines) is 1. The fourth-order valence-electron chi connectivity index (χ4n) is 2.49. The second kappa shape index (κ2) is 4.93. The normalized spacial score (nSPS) is 22.0. The molecule has 1 aliphatic heterocycles. The molecule has 1 fully saturated rings. The van der Waals surface area contributed by atoms with E-state index in [1.165, 1.54) is 0 Å². The molecule has 1 atom stereocenters. The van der Waals surface area contributed by atoms with E-state index in [0.717, 1.165) is 5.69 Å². The minimum absolute atomic E-state index is 0.0224. The molecule has 0 spiro atoms. The number of aliphatic hydroxyl groups excluding tert-OH is 1. The van der Waals surface area contributed by atoms with Crippen molar-refractivity contribution in [3.05, 3.63) is 29.6 Å². The van der Waals surface area contributed by atoms with Gasteiger partial charge in [0.2, 0.25) is 0 Å². The Labute approximate surface area is 114 Å². The van der Waals surface area contributed by atoms with Crippen LogP contribution in [0.4, 0.5) is 0 Å². The third-order valence-corrected chi connectivity index (χ3v) is 4.00. The predicted molar refractivity (Wildman–Crippen MR) is 74.1 cm³/mol. The van der Waals surface area contributed by atoms with E-state index >= 15 is 0 Å². The highest BCUT2D eigenvalue weighted by atomic mass is 16.3. The average molecular weight is 262 g/mol. The molecule has 1 aromatic rings. The molecule has 1 aromatic heterocycles. The van der Waals surface area contributed by atoms with E-state index in [9.17, 15) is 9.90 Å². The first kappa shape index (κ1) is 14.0. The summed E-state index contributed by atoms with van der Waals surface area (Å²) in [5.41, 5.74) is 1.07. The number of nitrogens with zero attached hydrogens (tertiary/aromatic N) is 2. The molecule has 19 heavy (non-hydrogen) atoms. The minimum Gasteiger partial charge on any atom is -0.391 e. The van der Waals surface area contributed by atoms with Crippen molar-refractivity contribution in [2.24, 2.45) is 0 Å². The molecule has 1 unspecified atom stereocenters. The maximum Gasteiger partial charge on any atom is 0.254 e. The summed E-state index contributed by atoms with van der Waals surface area (Å²) in [7, 11) is 0.